The van der Waals surface area contributed by atoms with Crippen molar-refractivity contribution in [2.45, 2.75) is 83.4 Å². The number of nitrogens with zero attached hydrogens (tertiary/aromatic N) is 3. The second kappa shape index (κ2) is 8.65. The third kappa shape index (κ3) is 4.54. The predicted molar refractivity (Wildman–Crippen MR) is 83.5 cm³/mol. The molecule has 4 atom stereocenters. The fourth-order valence-electron chi connectivity index (χ4n) is 2.69. The molecule has 2 rings (SSSR count). The van der Waals surface area contributed by atoms with E-state index in [1.165, 1.54) is 19.3 Å². The number of aliphatic hydroxyl groups is 1. The van der Waals surface area contributed by atoms with Crippen LogP contribution in [0.1, 0.15) is 51.6 Å². The molecule has 7 heteroatoms. The van der Waals surface area contributed by atoms with E-state index in [0.29, 0.717) is 6.42 Å². The molecule has 0 spiro atoms. The van der Waals surface area contributed by atoms with Crippen molar-refractivity contribution in [3.8, 4) is 0 Å². The standard InChI is InChI=1S/C15H26BN3O3/c1-3-5-6-7-8-19-9-11(17-18-19)10-21-14-13(20)12(4-2)22-15(14)16/h9,12-15,20H,3-8,10H2,1-2H3. The number of unbranched alkanes of at least 4 members (excludes halogenated alkanes) is 3. The van der Waals surface area contributed by atoms with Gasteiger partial charge in [0, 0.05) is 12.5 Å². The first kappa shape index (κ1) is 17.4. The SMILES string of the molecule is [B]C1OC(CC)C(O)C1OCc1cn(CCCCCC)nn1. The lowest BCUT2D eigenvalue weighted by Gasteiger charge is -2.18. The molecular weight excluding hydrogens is 281 g/mol. The Morgan fingerprint density at radius 1 is 1.36 bits per heavy atom. The topological polar surface area (TPSA) is 69.4 Å². The summed E-state index contributed by atoms with van der Waals surface area (Å²) in [6, 6.07) is -0.593. The maximum atomic E-state index is 10.1. The molecule has 1 fully saturated rings. The highest BCUT2D eigenvalue weighted by Gasteiger charge is 2.40. The molecule has 0 amide bonds. The zero-order valence-corrected chi connectivity index (χ0v) is 13.5. The highest BCUT2D eigenvalue weighted by Crippen LogP contribution is 2.24. The summed E-state index contributed by atoms with van der Waals surface area (Å²) in [6.07, 6.45) is 5.93. The molecule has 4 unspecified atom stereocenters. The van der Waals surface area contributed by atoms with Crippen LogP contribution in [0.2, 0.25) is 0 Å². The number of hydrogen-bond donors (Lipinski definition) is 1. The van der Waals surface area contributed by atoms with E-state index in [2.05, 4.69) is 17.2 Å². The maximum absolute atomic E-state index is 10.1. The van der Waals surface area contributed by atoms with Gasteiger partial charge in [-0.2, -0.15) is 0 Å². The summed E-state index contributed by atoms with van der Waals surface area (Å²) in [7, 11) is 5.85. The van der Waals surface area contributed by atoms with Crippen LogP contribution in [-0.2, 0) is 22.6 Å². The van der Waals surface area contributed by atoms with Gasteiger partial charge in [-0.1, -0.05) is 38.3 Å². The minimum Gasteiger partial charge on any atom is -0.388 e. The van der Waals surface area contributed by atoms with Crippen molar-refractivity contribution in [1.29, 1.82) is 0 Å². The molecule has 122 valence electrons. The summed E-state index contributed by atoms with van der Waals surface area (Å²) in [5.74, 6) is 0. The van der Waals surface area contributed by atoms with Crippen molar-refractivity contribution in [3.63, 3.8) is 0 Å². The molecule has 1 aliphatic heterocycles. The summed E-state index contributed by atoms with van der Waals surface area (Å²) in [5, 5.41) is 18.3. The average Bonchev–Trinajstić information content (AvgIpc) is 3.07. The van der Waals surface area contributed by atoms with E-state index >= 15 is 0 Å². The second-order valence-corrected chi connectivity index (χ2v) is 5.85. The molecular formula is C15H26BN3O3. The Morgan fingerprint density at radius 2 is 2.18 bits per heavy atom. The highest BCUT2D eigenvalue weighted by molar-refractivity contribution is 6.11. The fraction of sp³-hybridized carbons (Fsp3) is 0.867. The van der Waals surface area contributed by atoms with Crippen LogP contribution in [0.15, 0.2) is 6.20 Å². The molecule has 2 radical (unpaired) electrons. The van der Waals surface area contributed by atoms with E-state index in [1.54, 1.807) is 0 Å². The second-order valence-electron chi connectivity index (χ2n) is 5.85. The Kier molecular flexibility index (Phi) is 6.86. The smallest absolute Gasteiger partial charge is 0.112 e. The van der Waals surface area contributed by atoms with Crippen molar-refractivity contribution in [2.75, 3.05) is 0 Å². The van der Waals surface area contributed by atoms with Gasteiger partial charge in [0.1, 0.15) is 25.7 Å². The molecule has 1 aromatic heterocycles. The number of aromatic nitrogens is 3. The Bertz CT molecular complexity index is 443. The Morgan fingerprint density at radius 3 is 2.86 bits per heavy atom. The minimum absolute atomic E-state index is 0.255. The quantitative estimate of drug-likeness (QED) is 0.552. The molecule has 22 heavy (non-hydrogen) atoms. The number of aliphatic hydroxyl groups excluding tert-OH is 1. The van der Waals surface area contributed by atoms with Gasteiger partial charge in [-0.15, -0.1) is 5.10 Å². The van der Waals surface area contributed by atoms with E-state index in [0.717, 1.165) is 18.7 Å². The largest absolute Gasteiger partial charge is 0.388 e. The molecule has 1 aromatic rings. The molecule has 6 nitrogen and oxygen atoms in total. The van der Waals surface area contributed by atoms with Gasteiger partial charge < -0.3 is 14.6 Å². The van der Waals surface area contributed by atoms with Gasteiger partial charge in [0.05, 0.1) is 18.9 Å². The molecule has 1 N–H and O–H groups in total. The van der Waals surface area contributed by atoms with Crippen LogP contribution >= 0.6 is 0 Å². The summed E-state index contributed by atoms with van der Waals surface area (Å²) in [4.78, 5) is 0. The van der Waals surface area contributed by atoms with Gasteiger partial charge in [-0.05, 0) is 12.8 Å². The molecule has 1 aliphatic rings. The first-order valence-electron chi connectivity index (χ1n) is 8.25. The van der Waals surface area contributed by atoms with Gasteiger partial charge in [-0.3, -0.25) is 4.68 Å². The van der Waals surface area contributed by atoms with E-state index in [9.17, 15) is 5.11 Å². The van der Waals surface area contributed by atoms with Crippen molar-refractivity contribution in [2.24, 2.45) is 0 Å². The van der Waals surface area contributed by atoms with Gasteiger partial charge >= 0.3 is 0 Å². The number of ether oxygens (including phenoxy) is 2. The van der Waals surface area contributed by atoms with Crippen LogP contribution in [-0.4, -0.2) is 52.3 Å². The predicted octanol–water partition coefficient (Wildman–Crippen LogP) is 1.41. The molecule has 0 aromatic carbocycles. The summed E-state index contributed by atoms with van der Waals surface area (Å²) < 4.78 is 13.0. The van der Waals surface area contributed by atoms with Crippen molar-refractivity contribution >= 4 is 7.85 Å². The lowest BCUT2D eigenvalue weighted by Crippen LogP contribution is -2.35. The minimum atomic E-state index is -0.691. The van der Waals surface area contributed by atoms with E-state index < -0.39 is 18.2 Å². The van der Waals surface area contributed by atoms with Gasteiger partial charge in [0.2, 0.25) is 0 Å². The van der Waals surface area contributed by atoms with Crippen LogP contribution in [0.4, 0.5) is 0 Å². The molecule has 2 heterocycles. The molecule has 0 aliphatic carbocycles. The van der Waals surface area contributed by atoms with E-state index in [1.807, 2.05) is 17.8 Å². The normalized spacial score (nSPS) is 28.3. The number of aryl methyl sites for hydroxylation is 1. The van der Waals surface area contributed by atoms with Crippen molar-refractivity contribution in [3.05, 3.63) is 11.9 Å². The molecule has 1 saturated heterocycles. The van der Waals surface area contributed by atoms with E-state index in [4.69, 9.17) is 17.3 Å². The first-order chi connectivity index (χ1) is 10.7. The first-order valence-corrected chi connectivity index (χ1v) is 8.25. The average molecular weight is 307 g/mol. The third-order valence-corrected chi connectivity index (χ3v) is 4.03. The lowest BCUT2D eigenvalue weighted by atomic mass is 9.92. The van der Waals surface area contributed by atoms with Gasteiger partial charge in [-0.25, -0.2) is 0 Å². The van der Waals surface area contributed by atoms with Crippen molar-refractivity contribution in [1.82, 2.24) is 15.0 Å². The highest BCUT2D eigenvalue weighted by atomic mass is 16.6. The lowest BCUT2D eigenvalue weighted by molar-refractivity contribution is -0.0317. The number of rotatable bonds is 9. The third-order valence-electron chi connectivity index (χ3n) is 4.03. The van der Waals surface area contributed by atoms with Gasteiger partial charge in [0.25, 0.3) is 0 Å². The van der Waals surface area contributed by atoms with E-state index in [-0.39, 0.29) is 12.7 Å². The summed E-state index contributed by atoms with van der Waals surface area (Å²) >= 11 is 0. The van der Waals surface area contributed by atoms with Crippen LogP contribution in [0.3, 0.4) is 0 Å². The monoisotopic (exact) mass is 307 g/mol. The Labute approximate surface area is 133 Å². The Hall–Kier alpha value is -0.915. The Balaban J connectivity index is 1.76. The molecule has 0 bridgehead atoms. The fourth-order valence-corrected chi connectivity index (χ4v) is 2.69. The van der Waals surface area contributed by atoms with Crippen LogP contribution in [0, 0.1) is 0 Å². The summed E-state index contributed by atoms with van der Waals surface area (Å²) in [6.45, 7) is 5.30. The number of hydrogen-bond acceptors (Lipinski definition) is 5. The zero-order chi connectivity index (χ0) is 15.9. The van der Waals surface area contributed by atoms with Crippen LogP contribution < -0.4 is 0 Å². The zero-order valence-electron chi connectivity index (χ0n) is 13.5. The van der Waals surface area contributed by atoms with Gasteiger partial charge in [0.15, 0.2) is 0 Å². The summed E-state index contributed by atoms with van der Waals surface area (Å²) in [5.41, 5.74) is 0.745. The van der Waals surface area contributed by atoms with Crippen LogP contribution in [0.5, 0.6) is 0 Å². The maximum Gasteiger partial charge on any atom is 0.112 e. The van der Waals surface area contributed by atoms with Crippen molar-refractivity contribution < 1.29 is 14.6 Å². The molecule has 0 saturated carbocycles. The van der Waals surface area contributed by atoms with Crippen LogP contribution in [0.25, 0.3) is 0 Å².